The summed E-state index contributed by atoms with van der Waals surface area (Å²) in [4.78, 5) is 12.1. The Bertz CT molecular complexity index is 629. The summed E-state index contributed by atoms with van der Waals surface area (Å²) in [6.45, 7) is 0.362. The number of nitrogens with one attached hydrogen (secondary N) is 1. The number of carbonyl (C=O) groups excluding carboxylic acids is 1. The van der Waals surface area contributed by atoms with Crippen molar-refractivity contribution in [3.05, 3.63) is 68.7 Å². The van der Waals surface area contributed by atoms with Crippen LogP contribution in [-0.2, 0) is 13.0 Å². The molecule has 0 aliphatic rings. The van der Waals surface area contributed by atoms with Gasteiger partial charge in [-0.15, -0.1) is 0 Å². The van der Waals surface area contributed by atoms with E-state index in [1.54, 1.807) is 18.2 Å². The van der Waals surface area contributed by atoms with Crippen LogP contribution in [0.1, 0.15) is 21.5 Å². The van der Waals surface area contributed by atoms with Gasteiger partial charge in [-0.05, 0) is 47.9 Å². The largest absolute Gasteiger partial charge is 0.392 e. The maximum atomic E-state index is 12.1. The number of halogens is 2. The maximum absolute atomic E-state index is 12.1. The Morgan fingerprint density at radius 2 is 1.90 bits per heavy atom. The van der Waals surface area contributed by atoms with Gasteiger partial charge < -0.3 is 10.4 Å². The van der Waals surface area contributed by atoms with Gasteiger partial charge in [-0.1, -0.05) is 39.7 Å². The Kier molecular flexibility index (Phi) is 5.79. The monoisotopic (exact) mass is 367 g/mol. The first-order valence-electron chi connectivity index (χ1n) is 6.52. The van der Waals surface area contributed by atoms with Gasteiger partial charge >= 0.3 is 0 Å². The Labute approximate surface area is 137 Å². The number of aliphatic hydroxyl groups is 1. The maximum Gasteiger partial charge on any atom is 0.251 e. The predicted octanol–water partition coefficient (Wildman–Crippen LogP) is 3.57. The molecule has 0 spiro atoms. The van der Waals surface area contributed by atoms with Gasteiger partial charge in [-0.25, -0.2) is 0 Å². The predicted molar refractivity (Wildman–Crippen MR) is 87.6 cm³/mol. The Morgan fingerprint density at radius 3 is 2.57 bits per heavy atom. The molecule has 2 aromatic carbocycles. The van der Waals surface area contributed by atoms with E-state index in [1.807, 2.05) is 24.3 Å². The van der Waals surface area contributed by atoms with E-state index in [4.69, 9.17) is 11.6 Å². The van der Waals surface area contributed by atoms with Gasteiger partial charge in [-0.2, -0.15) is 0 Å². The second kappa shape index (κ2) is 7.59. The molecule has 0 heterocycles. The molecule has 1 amide bonds. The van der Waals surface area contributed by atoms with E-state index < -0.39 is 0 Å². The third-order valence-corrected chi connectivity index (χ3v) is 3.84. The van der Waals surface area contributed by atoms with E-state index in [9.17, 15) is 9.90 Å². The van der Waals surface area contributed by atoms with Gasteiger partial charge in [0, 0.05) is 21.6 Å². The molecule has 0 fully saturated rings. The molecular formula is C16H15BrClNO2. The van der Waals surface area contributed by atoms with Crippen molar-refractivity contribution >= 4 is 33.4 Å². The first-order chi connectivity index (χ1) is 10.1. The molecule has 3 nitrogen and oxygen atoms in total. The molecule has 2 rings (SSSR count). The Hall–Kier alpha value is -1.36. The average molecular weight is 369 g/mol. The minimum Gasteiger partial charge on any atom is -0.392 e. The summed E-state index contributed by atoms with van der Waals surface area (Å²) in [6, 6.07) is 12.8. The lowest BCUT2D eigenvalue weighted by molar-refractivity contribution is 0.0951. The first-order valence-corrected chi connectivity index (χ1v) is 7.69. The molecular weight excluding hydrogens is 354 g/mol. The SMILES string of the molecule is O=C(NCCc1ccc(Cl)cc1)c1ccc(Br)cc1CO. The van der Waals surface area contributed by atoms with Gasteiger partial charge in [0.05, 0.1) is 6.61 Å². The fourth-order valence-electron chi connectivity index (χ4n) is 1.98. The van der Waals surface area contributed by atoms with E-state index in [1.165, 1.54) is 0 Å². The first kappa shape index (κ1) is 16.0. The molecule has 2 N–H and O–H groups in total. The zero-order valence-corrected chi connectivity index (χ0v) is 13.6. The van der Waals surface area contributed by atoms with Crippen LogP contribution in [0.4, 0.5) is 0 Å². The zero-order chi connectivity index (χ0) is 15.2. The number of carbonyl (C=O) groups is 1. The lowest BCUT2D eigenvalue weighted by Crippen LogP contribution is -2.26. The minimum absolute atomic E-state index is 0.167. The van der Waals surface area contributed by atoms with Crippen LogP contribution in [0.15, 0.2) is 46.9 Å². The van der Waals surface area contributed by atoms with Gasteiger partial charge in [0.25, 0.3) is 5.91 Å². The topological polar surface area (TPSA) is 49.3 Å². The van der Waals surface area contributed by atoms with Crippen molar-refractivity contribution in [2.24, 2.45) is 0 Å². The standard InChI is InChI=1S/C16H15BrClNO2/c17-13-3-6-15(12(9-13)10-20)16(21)19-8-7-11-1-4-14(18)5-2-11/h1-6,9,20H,7-8,10H2,(H,19,21). The van der Waals surface area contributed by atoms with E-state index >= 15 is 0 Å². The van der Waals surface area contributed by atoms with Crippen LogP contribution >= 0.6 is 27.5 Å². The molecule has 0 saturated carbocycles. The summed E-state index contributed by atoms with van der Waals surface area (Å²) in [6.07, 6.45) is 0.730. The van der Waals surface area contributed by atoms with Gasteiger partial charge in [0.15, 0.2) is 0 Å². The van der Waals surface area contributed by atoms with E-state index in [2.05, 4.69) is 21.2 Å². The van der Waals surface area contributed by atoms with Crippen molar-refractivity contribution in [1.29, 1.82) is 0 Å². The Morgan fingerprint density at radius 1 is 1.19 bits per heavy atom. The van der Waals surface area contributed by atoms with Gasteiger partial charge in [-0.3, -0.25) is 4.79 Å². The molecule has 0 aromatic heterocycles. The average Bonchev–Trinajstić information content (AvgIpc) is 2.49. The summed E-state index contributed by atoms with van der Waals surface area (Å²) in [5.41, 5.74) is 2.21. The molecule has 0 saturated heterocycles. The fraction of sp³-hybridized carbons (Fsp3) is 0.188. The number of benzene rings is 2. The third-order valence-electron chi connectivity index (χ3n) is 3.09. The summed E-state index contributed by atoms with van der Waals surface area (Å²) in [5.74, 6) is -0.180. The number of hydrogen-bond acceptors (Lipinski definition) is 2. The van der Waals surface area contributed by atoms with Crippen molar-refractivity contribution < 1.29 is 9.90 Å². The highest BCUT2D eigenvalue weighted by atomic mass is 79.9. The van der Waals surface area contributed by atoms with Crippen LogP contribution in [0, 0.1) is 0 Å². The highest BCUT2D eigenvalue weighted by Gasteiger charge is 2.10. The minimum atomic E-state index is -0.180. The van der Waals surface area contributed by atoms with Crippen LogP contribution < -0.4 is 5.32 Å². The van der Waals surface area contributed by atoms with E-state index in [0.717, 1.165) is 16.5 Å². The van der Waals surface area contributed by atoms with Crippen molar-refractivity contribution in [2.45, 2.75) is 13.0 Å². The van der Waals surface area contributed by atoms with Gasteiger partial charge in [0.2, 0.25) is 0 Å². The lowest BCUT2D eigenvalue weighted by atomic mass is 10.1. The normalized spacial score (nSPS) is 10.4. The van der Waals surface area contributed by atoms with Crippen molar-refractivity contribution in [3.8, 4) is 0 Å². The van der Waals surface area contributed by atoms with E-state index in [0.29, 0.717) is 22.7 Å². The molecule has 5 heteroatoms. The summed E-state index contributed by atoms with van der Waals surface area (Å²) in [5, 5.41) is 12.9. The molecule has 0 unspecified atom stereocenters. The quantitative estimate of drug-likeness (QED) is 0.847. The van der Waals surface area contributed by atoms with Crippen molar-refractivity contribution in [1.82, 2.24) is 5.32 Å². The van der Waals surface area contributed by atoms with Crippen molar-refractivity contribution in [2.75, 3.05) is 6.54 Å². The molecule has 0 aliphatic heterocycles. The van der Waals surface area contributed by atoms with Crippen LogP contribution in [0.25, 0.3) is 0 Å². The molecule has 2 aromatic rings. The molecule has 0 bridgehead atoms. The van der Waals surface area contributed by atoms with Crippen molar-refractivity contribution in [3.63, 3.8) is 0 Å². The van der Waals surface area contributed by atoms with Crippen LogP contribution in [0.3, 0.4) is 0 Å². The van der Waals surface area contributed by atoms with Gasteiger partial charge in [0.1, 0.15) is 0 Å². The third kappa shape index (κ3) is 4.56. The van der Waals surface area contributed by atoms with Crippen LogP contribution in [-0.4, -0.2) is 17.6 Å². The molecule has 21 heavy (non-hydrogen) atoms. The number of hydrogen-bond donors (Lipinski definition) is 2. The smallest absolute Gasteiger partial charge is 0.251 e. The van der Waals surface area contributed by atoms with E-state index in [-0.39, 0.29) is 12.5 Å². The fourth-order valence-corrected chi connectivity index (χ4v) is 2.52. The van der Waals surface area contributed by atoms with Crippen LogP contribution in [0.5, 0.6) is 0 Å². The second-order valence-electron chi connectivity index (χ2n) is 4.59. The zero-order valence-electron chi connectivity index (χ0n) is 11.3. The summed E-state index contributed by atoms with van der Waals surface area (Å²) in [7, 11) is 0. The molecule has 0 aliphatic carbocycles. The Balaban J connectivity index is 1.94. The second-order valence-corrected chi connectivity index (χ2v) is 5.94. The molecule has 110 valence electrons. The number of rotatable bonds is 5. The number of aliphatic hydroxyl groups excluding tert-OH is 1. The number of amides is 1. The highest BCUT2D eigenvalue weighted by molar-refractivity contribution is 9.10. The molecule has 0 radical (unpaired) electrons. The highest BCUT2D eigenvalue weighted by Crippen LogP contribution is 2.17. The summed E-state index contributed by atoms with van der Waals surface area (Å²) < 4.78 is 0.837. The van der Waals surface area contributed by atoms with Crippen LogP contribution in [0.2, 0.25) is 5.02 Å². The lowest BCUT2D eigenvalue weighted by Gasteiger charge is -2.09. The molecule has 0 atom stereocenters. The summed E-state index contributed by atoms with van der Waals surface area (Å²) >= 11 is 9.15.